The summed E-state index contributed by atoms with van der Waals surface area (Å²) in [6.45, 7) is 4.76. The molecule has 0 aliphatic carbocycles. The Kier molecular flexibility index (Phi) is 6.13. The SMILES string of the molecule is Cc1cccc(Cn2nc(-c3ccc(Cl)c(Cl)c3)c(C)c2-c2ccc(Cl)c(Cl)c2)c1. The van der Waals surface area contributed by atoms with Gasteiger partial charge in [0.15, 0.2) is 0 Å². The van der Waals surface area contributed by atoms with Crippen molar-refractivity contribution in [2.45, 2.75) is 20.4 Å². The van der Waals surface area contributed by atoms with Gasteiger partial charge in [0, 0.05) is 16.7 Å². The molecule has 0 unspecified atom stereocenters. The highest BCUT2D eigenvalue weighted by Gasteiger charge is 2.19. The van der Waals surface area contributed by atoms with Gasteiger partial charge in [0.25, 0.3) is 0 Å². The summed E-state index contributed by atoms with van der Waals surface area (Å²) in [6, 6.07) is 19.6. The molecule has 0 bridgehead atoms. The molecule has 3 aromatic carbocycles. The van der Waals surface area contributed by atoms with E-state index in [-0.39, 0.29) is 0 Å². The number of hydrogen-bond donors (Lipinski definition) is 0. The molecule has 0 aliphatic heterocycles. The highest BCUT2D eigenvalue weighted by Crippen LogP contribution is 2.36. The molecule has 0 spiro atoms. The number of aromatic nitrogens is 2. The monoisotopic (exact) mass is 474 g/mol. The van der Waals surface area contributed by atoms with Gasteiger partial charge in [-0.05, 0) is 43.7 Å². The summed E-state index contributed by atoms with van der Waals surface area (Å²) in [7, 11) is 0. The van der Waals surface area contributed by atoms with Crippen molar-refractivity contribution in [2.75, 3.05) is 0 Å². The van der Waals surface area contributed by atoms with E-state index in [0.29, 0.717) is 26.6 Å². The molecule has 0 saturated carbocycles. The van der Waals surface area contributed by atoms with Gasteiger partial charge < -0.3 is 0 Å². The van der Waals surface area contributed by atoms with E-state index in [1.165, 1.54) is 11.1 Å². The first kappa shape index (κ1) is 21.3. The Morgan fingerprint density at radius 1 is 0.733 bits per heavy atom. The van der Waals surface area contributed by atoms with Gasteiger partial charge in [-0.3, -0.25) is 4.68 Å². The molecular weight excluding hydrogens is 458 g/mol. The second-order valence-electron chi connectivity index (χ2n) is 7.23. The van der Waals surface area contributed by atoms with Gasteiger partial charge in [-0.2, -0.15) is 5.10 Å². The normalized spacial score (nSPS) is 11.1. The third kappa shape index (κ3) is 4.24. The highest BCUT2D eigenvalue weighted by atomic mass is 35.5. The first-order valence-corrected chi connectivity index (χ1v) is 10.9. The second-order valence-corrected chi connectivity index (χ2v) is 8.86. The van der Waals surface area contributed by atoms with Crippen molar-refractivity contribution in [1.82, 2.24) is 9.78 Å². The summed E-state index contributed by atoms with van der Waals surface area (Å²) in [5, 5.41) is 6.99. The minimum atomic E-state index is 0.498. The van der Waals surface area contributed by atoms with Crippen molar-refractivity contribution < 1.29 is 0 Å². The Bertz CT molecular complexity index is 1240. The van der Waals surface area contributed by atoms with Crippen LogP contribution >= 0.6 is 46.4 Å². The average Bonchev–Trinajstić information content (AvgIpc) is 3.02. The van der Waals surface area contributed by atoms with Crippen molar-refractivity contribution in [3.05, 3.63) is 97.4 Å². The number of benzene rings is 3. The molecular formula is C24H18Cl4N2. The summed E-state index contributed by atoms with van der Waals surface area (Å²) in [5.41, 5.74) is 7.09. The van der Waals surface area contributed by atoms with E-state index >= 15 is 0 Å². The first-order chi connectivity index (χ1) is 14.3. The maximum Gasteiger partial charge on any atom is 0.0959 e. The highest BCUT2D eigenvalue weighted by molar-refractivity contribution is 6.42. The molecule has 4 aromatic rings. The molecule has 152 valence electrons. The van der Waals surface area contributed by atoms with E-state index in [1.54, 1.807) is 6.07 Å². The van der Waals surface area contributed by atoms with E-state index < -0.39 is 0 Å². The number of nitrogens with zero attached hydrogens (tertiary/aromatic N) is 2. The lowest BCUT2D eigenvalue weighted by atomic mass is 10.0. The summed E-state index contributed by atoms with van der Waals surface area (Å²) in [4.78, 5) is 0. The average molecular weight is 476 g/mol. The molecule has 2 nitrogen and oxygen atoms in total. The van der Waals surface area contributed by atoms with Gasteiger partial charge in [0.05, 0.1) is 38.0 Å². The Labute approximate surface area is 196 Å². The molecule has 6 heteroatoms. The van der Waals surface area contributed by atoms with Gasteiger partial charge >= 0.3 is 0 Å². The predicted octanol–water partition coefficient (Wildman–Crippen LogP) is 8.50. The predicted molar refractivity (Wildman–Crippen MR) is 128 cm³/mol. The maximum atomic E-state index is 6.32. The van der Waals surface area contributed by atoms with Gasteiger partial charge in [-0.1, -0.05) is 88.4 Å². The van der Waals surface area contributed by atoms with Crippen LogP contribution in [0.15, 0.2) is 60.7 Å². The quantitative estimate of drug-likeness (QED) is 0.289. The van der Waals surface area contributed by atoms with Gasteiger partial charge in [0.1, 0.15) is 0 Å². The topological polar surface area (TPSA) is 17.8 Å². The van der Waals surface area contributed by atoms with Crippen LogP contribution in [0.3, 0.4) is 0 Å². The van der Waals surface area contributed by atoms with Crippen LogP contribution in [0.1, 0.15) is 16.7 Å². The molecule has 0 aliphatic rings. The van der Waals surface area contributed by atoms with Gasteiger partial charge in [0.2, 0.25) is 0 Å². The molecule has 0 fully saturated rings. The van der Waals surface area contributed by atoms with Crippen molar-refractivity contribution >= 4 is 46.4 Å². The fourth-order valence-corrected chi connectivity index (χ4v) is 4.17. The van der Waals surface area contributed by atoms with Crippen LogP contribution in [0, 0.1) is 13.8 Å². The lowest BCUT2D eigenvalue weighted by Gasteiger charge is -2.10. The lowest BCUT2D eigenvalue weighted by molar-refractivity contribution is 0.696. The fraction of sp³-hybridized carbons (Fsp3) is 0.125. The minimum absolute atomic E-state index is 0.498. The second kappa shape index (κ2) is 8.64. The summed E-state index contributed by atoms with van der Waals surface area (Å²) < 4.78 is 2.00. The van der Waals surface area contributed by atoms with Crippen LogP contribution in [-0.4, -0.2) is 9.78 Å². The van der Waals surface area contributed by atoms with Crippen molar-refractivity contribution in [3.8, 4) is 22.5 Å². The van der Waals surface area contributed by atoms with E-state index in [9.17, 15) is 0 Å². The molecule has 4 rings (SSSR count). The van der Waals surface area contributed by atoms with Crippen molar-refractivity contribution in [1.29, 1.82) is 0 Å². The van der Waals surface area contributed by atoms with Crippen LogP contribution in [0.25, 0.3) is 22.5 Å². The Balaban J connectivity index is 1.90. The fourth-order valence-electron chi connectivity index (χ4n) is 3.58. The zero-order chi connectivity index (χ0) is 21.4. The number of aryl methyl sites for hydroxylation is 1. The van der Waals surface area contributed by atoms with Crippen LogP contribution in [0.5, 0.6) is 0 Å². The van der Waals surface area contributed by atoms with Crippen molar-refractivity contribution in [2.24, 2.45) is 0 Å². The van der Waals surface area contributed by atoms with Crippen LogP contribution < -0.4 is 0 Å². The molecule has 0 N–H and O–H groups in total. The molecule has 0 atom stereocenters. The summed E-state index contributed by atoms with van der Waals surface area (Å²) in [5.74, 6) is 0. The van der Waals surface area contributed by atoms with E-state index in [2.05, 4.69) is 38.1 Å². The van der Waals surface area contributed by atoms with Crippen molar-refractivity contribution in [3.63, 3.8) is 0 Å². The Morgan fingerprint density at radius 3 is 2.00 bits per heavy atom. The molecule has 30 heavy (non-hydrogen) atoms. The minimum Gasteiger partial charge on any atom is -0.260 e. The largest absolute Gasteiger partial charge is 0.260 e. The number of halogens is 4. The Morgan fingerprint density at radius 2 is 1.37 bits per heavy atom. The standard InChI is InChI=1S/C24H18Cl4N2/c1-14-4-3-5-16(10-14)13-30-24(18-7-9-20(26)22(28)12-18)15(2)23(29-30)17-6-8-19(25)21(27)11-17/h3-12H,13H2,1-2H3. The van der Waals surface area contributed by atoms with E-state index in [4.69, 9.17) is 51.5 Å². The molecule has 1 heterocycles. The van der Waals surface area contributed by atoms with Crippen LogP contribution in [0.2, 0.25) is 20.1 Å². The molecule has 1 aromatic heterocycles. The van der Waals surface area contributed by atoms with Gasteiger partial charge in [-0.15, -0.1) is 0 Å². The zero-order valence-corrected chi connectivity index (χ0v) is 19.4. The Hall–Kier alpha value is -1.97. The summed E-state index contributed by atoms with van der Waals surface area (Å²) in [6.07, 6.45) is 0. The zero-order valence-electron chi connectivity index (χ0n) is 16.4. The van der Waals surface area contributed by atoms with Crippen LogP contribution in [-0.2, 0) is 6.54 Å². The lowest BCUT2D eigenvalue weighted by Crippen LogP contribution is -2.04. The third-order valence-electron chi connectivity index (χ3n) is 4.99. The number of hydrogen-bond acceptors (Lipinski definition) is 1. The van der Waals surface area contributed by atoms with E-state index in [1.807, 2.05) is 35.0 Å². The maximum absolute atomic E-state index is 6.32. The smallest absolute Gasteiger partial charge is 0.0959 e. The van der Waals surface area contributed by atoms with E-state index in [0.717, 1.165) is 28.1 Å². The summed E-state index contributed by atoms with van der Waals surface area (Å²) >= 11 is 24.8. The molecule has 0 amide bonds. The third-order valence-corrected chi connectivity index (χ3v) is 6.47. The first-order valence-electron chi connectivity index (χ1n) is 9.37. The van der Waals surface area contributed by atoms with Crippen LogP contribution in [0.4, 0.5) is 0 Å². The van der Waals surface area contributed by atoms with Gasteiger partial charge in [-0.25, -0.2) is 0 Å². The number of rotatable bonds is 4. The molecule has 0 radical (unpaired) electrons. The molecule has 0 saturated heterocycles.